The van der Waals surface area contributed by atoms with Gasteiger partial charge in [0.2, 0.25) is 5.91 Å². The number of fused-ring (bicyclic) bond motifs is 2. The number of aryl methyl sites for hydroxylation is 1. The molecule has 0 aliphatic carbocycles. The summed E-state index contributed by atoms with van der Waals surface area (Å²) < 4.78 is 11.5. The van der Waals surface area contributed by atoms with Crippen molar-refractivity contribution in [2.45, 2.75) is 13.8 Å². The number of furan rings is 1. The van der Waals surface area contributed by atoms with Crippen LogP contribution in [0.5, 0.6) is 5.75 Å². The number of methoxy groups -OCH3 is 1. The lowest BCUT2D eigenvalue weighted by atomic mass is 9.97. The minimum absolute atomic E-state index is 0.252. The fourth-order valence-electron chi connectivity index (χ4n) is 4.09. The van der Waals surface area contributed by atoms with E-state index in [0.717, 1.165) is 38.8 Å². The maximum atomic E-state index is 12.6. The van der Waals surface area contributed by atoms with Crippen LogP contribution in [0.25, 0.3) is 38.4 Å². The molecule has 5 heteroatoms. The molecular formula is C29H24N2O3. The van der Waals surface area contributed by atoms with Gasteiger partial charge in [0, 0.05) is 34.9 Å². The number of nitrogens with zero attached hydrogens (tertiary/aromatic N) is 1. The molecule has 2 aromatic heterocycles. The normalized spacial score (nSPS) is 11.7. The van der Waals surface area contributed by atoms with Crippen molar-refractivity contribution < 1.29 is 13.9 Å². The predicted molar refractivity (Wildman–Crippen MR) is 137 cm³/mol. The highest BCUT2D eigenvalue weighted by Crippen LogP contribution is 2.38. The summed E-state index contributed by atoms with van der Waals surface area (Å²) in [7, 11) is 1.61. The molecule has 5 aromatic rings. The fraction of sp³-hybridized carbons (Fsp3) is 0.103. The Bertz CT molecular complexity index is 1550. The van der Waals surface area contributed by atoms with Gasteiger partial charge in [-0.3, -0.25) is 4.79 Å². The molecule has 0 fully saturated rings. The molecule has 168 valence electrons. The van der Waals surface area contributed by atoms with Crippen LogP contribution in [0, 0.1) is 6.92 Å². The Labute approximate surface area is 197 Å². The van der Waals surface area contributed by atoms with Gasteiger partial charge in [0.05, 0.1) is 13.4 Å². The van der Waals surface area contributed by atoms with Gasteiger partial charge in [-0.2, -0.15) is 0 Å². The second kappa shape index (κ2) is 8.87. The summed E-state index contributed by atoms with van der Waals surface area (Å²) in [5.41, 5.74) is 5.42. The summed E-state index contributed by atoms with van der Waals surface area (Å²) in [6.07, 6.45) is 5.05. The van der Waals surface area contributed by atoms with Crippen molar-refractivity contribution in [1.82, 2.24) is 4.98 Å². The van der Waals surface area contributed by atoms with Crippen molar-refractivity contribution in [3.8, 4) is 16.9 Å². The van der Waals surface area contributed by atoms with Crippen molar-refractivity contribution >= 4 is 39.0 Å². The summed E-state index contributed by atoms with van der Waals surface area (Å²) in [6, 6.07) is 22.2. The molecule has 2 heterocycles. The number of anilines is 1. The lowest BCUT2D eigenvalue weighted by Gasteiger charge is -2.10. The third-order valence-electron chi connectivity index (χ3n) is 5.89. The van der Waals surface area contributed by atoms with Gasteiger partial charge in [-0.25, -0.2) is 4.98 Å². The van der Waals surface area contributed by atoms with Gasteiger partial charge in [-0.05, 0) is 59.5 Å². The minimum atomic E-state index is -0.252. The minimum Gasteiger partial charge on any atom is -0.496 e. The second-order valence-electron chi connectivity index (χ2n) is 8.30. The first-order valence-electron chi connectivity index (χ1n) is 11.0. The molecule has 0 aliphatic rings. The number of rotatable bonds is 5. The lowest BCUT2D eigenvalue weighted by molar-refractivity contribution is -0.111. The van der Waals surface area contributed by atoms with Crippen LogP contribution in [0.4, 0.5) is 5.82 Å². The first-order chi connectivity index (χ1) is 16.5. The highest BCUT2D eigenvalue weighted by molar-refractivity contribution is 6.05. The number of hydrogen-bond donors (Lipinski definition) is 1. The summed E-state index contributed by atoms with van der Waals surface area (Å²) in [5, 5.41) is 6.12. The summed E-state index contributed by atoms with van der Waals surface area (Å²) >= 11 is 0. The standard InChI is InChI=1S/C29H24N2O3/c1-18-8-11-28(30-16-18)31-29(32)12-19(2)23-14-24-25(17-34-27(24)15-26(23)33-3)22-10-9-20-6-4-5-7-21(20)13-22/h4-17H,1-3H3,(H,30,31,32)/b19-12+. The van der Waals surface area contributed by atoms with Crippen LogP contribution in [0.1, 0.15) is 18.1 Å². The predicted octanol–water partition coefficient (Wildman–Crippen LogP) is 7.01. The molecule has 0 aliphatic heterocycles. The van der Waals surface area contributed by atoms with E-state index >= 15 is 0 Å². The average Bonchev–Trinajstić information content (AvgIpc) is 3.27. The number of nitrogens with one attached hydrogen (secondary N) is 1. The molecule has 0 spiro atoms. The number of pyridine rings is 1. The molecule has 0 radical (unpaired) electrons. The van der Waals surface area contributed by atoms with E-state index in [-0.39, 0.29) is 5.91 Å². The van der Waals surface area contributed by atoms with Crippen LogP contribution in [0.3, 0.4) is 0 Å². The van der Waals surface area contributed by atoms with Crippen LogP contribution in [0.2, 0.25) is 0 Å². The summed E-state index contributed by atoms with van der Waals surface area (Å²) in [5.74, 6) is 0.898. The molecule has 5 rings (SSSR count). The fourth-order valence-corrected chi connectivity index (χ4v) is 4.09. The highest BCUT2D eigenvalue weighted by atomic mass is 16.5. The maximum absolute atomic E-state index is 12.6. The van der Waals surface area contributed by atoms with Crippen molar-refractivity contribution in [2.24, 2.45) is 0 Å². The van der Waals surface area contributed by atoms with E-state index in [1.807, 2.05) is 44.2 Å². The van der Waals surface area contributed by atoms with Gasteiger partial charge < -0.3 is 14.5 Å². The quantitative estimate of drug-likeness (QED) is 0.294. The van der Waals surface area contributed by atoms with E-state index in [9.17, 15) is 4.79 Å². The molecule has 0 saturated heterocycles. The van der Waals surface area contributed by atoms with Gasteiger partial charge in [-0.15, -0.1) is 0 Å². The largest absolute Gasteiger partial charge is 0.496 e. The Morgan fingerprint density at radius 2 is 1.85 bits per heavy atom. The number of allylic oxidation sites excluding steroid dienone is 1. The first kappa shape index (κ1) is 21.5. The van der Waals surface area contributed by atoms with Crippen molar-refractivity contribution in [1.29, 1.82) is 0 Å². The lowest BCUT2D eigenvalue weighted by Crippen LogP contribution is -2.10. The first-order valence-corrected chi connectivity index (χ1v) is 11.0. The molecule has 0 unspecified atom stereocenters. The van der Waals surface area contributed by atoms with E-state index in [0.29, 0.717) is 11.6 Å². The van der Waals surface area contributed by atoms with Crippen molar-refractivity contribution in [3.63, 3.8) is 0 Å². The third-order valence-corrected chi connectivity index (χ3v) is 5.89. The zero-order valence-corrected chi connectivity index (χ0v) is 19.3. The van der Waals surface area contributed by atoms with E-state index in [2.05, 4.69) is 40.6 Å². The molecule has 34 heavy (non-hydrogen) atoms. The average molecular weight is 449 g/mol. The van der Waals surface area contributed by atoms with Crippen molar-refractivity contribution in [3.05, 3.63) is 96.4 Å². The topological polar surface area (TPSA) is 64.4 Å². The van der Waals surface area contributed by atoms with Gasteiger partial charge >= 0.3 is 0 Å². The zero-order chi connectivity index (χ0) is 23.7. The Morgan fingerprint density at radius 3 is 2.62 bits per heavy atom. The second-order valence-corrected chi connectivity index (χ2v) is 8.30. The van der Waals surface area contributed by atoms with E-state index in [4.69, 9.17) is 9.15 Å². The number of carbonyl (C=O) groups excluding carboxylic acids is 1. The number of aromatic nitrogens is 1. The monoisotopic (exact) mass is 448 g/mol. The SMILES string of the molecule is COc1cc2occ(-c3ccc4ccccc4c3)c2cc1/C(C)=C/C(=O)Nc1ccc(C)cn1. The number of carbonyl (C=O) groups is 1. The van der Waals surface area contributed by atoms with Crippen LogP contribution < -0.4 is 10.1 Å². The summed E-state index contributed by atoms with van der Waals surface area (Å²) in [4.78, 5) is 16.9. The zero-order valence-electron chi connectivity index (χ0n) is 19.3. The molecule has 1 N–H and O–H groups in total. The van der Waals surface area contributed by atoms with Crippen LogP contribution in [0.15, 0.2) is 89.7 Å². The van der Waals surface area contributed by atoms with Crippen LogP contribution in [-0.2, 0) is 4.79 Å². The Kier molecular flexibility index (Phi) is 5.60. The van der Waals surface area contributed by atoms with Gasteiger partial charge in [0.1, 0.15) is 17.2 Å². The molecule has 1 amide bonds. The van der Waals surface area contributed by atoms with Gasteiger partial charge in [-0.1, -0.05) is 42.5 Å². The van der Waals surface area contributed by atoms with E-state index in [1.165, 1.54) is 10.8 Å². The smallest absolute Gasteiger partial charge is 0.249 e. The Hall–Kier alpha value is -4.38. The Balaban J connectivity index is 1.53. The summed E-state index contributed by atoms with van der Waals surface area (Å²) in [6.45, 7) is 3.84. The molecule has 0 saturated carbocycles. The van der Waals surface area contributed by atoms with Crippen LogP contribution >= 0.6 is 0 Å². The van der Waals surface area contributed by atoms with Crippen LogP contribution in [-0.4, -0.2) is 18.0 Å². The third kappa shape index (κ3) is 4.16. The molecule has 3 aromatic carbocycles. The van der Waals surface area contributed by atoms with E-state index in [1.54, 1.807) is 31.7 Å². The maximum Gasteiger partial charge on any atom is 0.249 e. The Morgan fingerprint density at radius 1 is 1.03 bits per heavy atom. The number of amides is 1. The highest BCUT2D eigenvalue weighted by Gasteiger charge is 2.15. The number of benzene rings is 3. The number of hydrogen-bond acceptors (Lipinski definition) is 4. The molecule has 0 atom stereocenters. The van der Waals surface area contributed by atoms with Gasteiger partial charge in [0.15, 0.2) is 0 Å². The molecule has 5 nitrogen and oxygen atoms in total. The van der Waals surface area contributed by atoms with E-state index < -0.39 is 0 Å². The van der Waals surface area contributed by atoms with Gasteiger partial charge in [0.25, 0.3) is 0 Å². The molecular weight excluding hydrogens is 424 g/mol. The molecule has 0 bridgehead atoms. The number of ether oxygens (including phenoxy) is 1. The van der Waals surface area contributed by atoms with Crippen molar-refractivity contribution in [2.75, 3.05) is 12.4 Å².